The summed E-state index contributed by atoms with van der Waals surface area (Å²) in [6.45, 7) is 0. The first-order chi connectivity index (χ1) is 4.88. The third-order valence-electron chi connectivity index (χ3n) is 1.75. The van der Waals surface area contributed by atoms with Crippen molar-refractivity contribution in [2.24, 2.45) is 0 Å². The van der Waals surface area contributed by atoms with E-state index in [1.807, 2.05) is 12.3 Å². The van der Waals surface area contributed by atoms with Crippen LogP contribution in [-0.2, 0) is 0 Å². The van der Waals surface area contributed by atoms with Gasteiger partial charge in [-0.25, -0.2) is 0 Å². The first kappa shape index (κ1) is 6.35. The van der Waals surface area contributed by atoms with E-state index in [-0.39, 0.29) is 0 Å². The van der Waals surface area contributed by atoms with E-state index in [0.29, 0.717) is 0 Å². The molecular formula is C8H8BrN. The van der Waals surface area contributed by atoms with Crippen molar-refractivity contribution in [1.82, 2.24) is 4.98 Å². The molecule has 1 heterocycles. The fourth-order valence-electron chi connectivity index (χ4n) is 1.06. The highest BCUT2D eigenvalue weighted by Gasteiger charge is 2.26. The maximum absolute atomic E-state index is 4.29. The Hall–Kier alpha value is -0.370. The van der Waals surface area contributed by atoms with E-state index in [4.69, 9.17) is 0 Å². The zero-order valence-corrected chi connectivity index (χ0v) is 7.13. The Bertz CT molecular complexity index is 243. The third kappa shape index (κ3) is 1.08. The van der Waals surface area contributed by atoms with Gasteiger partial charge in [-0.15, -0.1) is 0 Å². The van der Waals surface area contributed by atoms with Crippen molar-refractivity contribution in [2.45, 2.75) is 18.8 Å². The van der Waals surface area contributed by atoms with Gasteiger partial charge in [-0.05, 0) is 40.9 Å². The van der Waals surface area contributed by atoms with Gasteiger partial charge in [0.25, 0.3) is 0 Å². The molecule has 1 aromatic heterocycles. The van der Waals surface area contributed by atoms with Crippen LogP contribution >= 0.6 is 15.9 Å². The van der Waals surface area contributed by atoms with Crippen molar-refractivity contribution < 1.29 is 0 Å². The number of hydrogen-bond acceptors (Lipinski definition) is 1. The van der Waals surface area contributed by atoms with Crippen LogP contribution in [0.15, 0.2) is 22.8 Å². The van der Waals surface area contributed by atoms with Crippen LogP contribution in [0, 0.1) is 0 Å². The number of hydrogen-bond donors (Lipinski definition) is 0. The molecule has 0 unspecified atom stereocenters. The second-order valence-corrected chi connectivity index (χ2v) is 3.50. The molecule has 52 valence electrons. The van der Waals surface area contributed by atoms with E-state index in [2.05, 4.69) is 27.0 Å². The summed E-state index contributed by atoms with van der Waals surface area (Å²) in [5.74, 6) is 0.746. The fraction of sp³-hybridized carbons (Fsp3) is 0.375. The van der Waals surface area contributed by atoms with Gasteiger partial charge in [0.05, 0.1) is 5.69 Å². The number of pyridine rings is 1. The Morgan fingerprint density at radius 2 is 2.30 bits per heavy atom. The van der Waals surface area contributed by atoms with Crippen LogP contribution in [0.25, 0.3) is 0 Å². The van der Waals surface area contributed by atoms with Gasteiger partial charge in [0, 0.05) is 16.6 Å². The number of nitrogens with zero attached hydrogens (tertiary/aromatic N) is 1. The molecule has 2 heteroatoms. The first-order valence-electron chi connectivity index (χ1n) is 3.48. The Morgan fingerprint density at radius 3 is 2.90 bits per heavy atom. The summed E-state index contributed by atoms with van der Waals surface area (Å²) in [4.78, 5) is 4.29. The molecule has 1 fully saturated rings. The minimum Gasteiger partial charge on any atom is -0.260 e. The molecular weight excluding hydrogens is 190 g/mol. The molecule has 0 radical (unpaired) electrons. The summed E-state index contributed by atoms with van der Waals surface area (Å²) in [5.41, 5.74) is 1.24. The highest BCUT2D eigenvalue weighted by atomic mass is 79.9. The average Bonchev–Trinajstić information content (AvgIpc) is 2.71. The van der Waals surface area contributed by atoms with Crippen LogP contribution in [-0.4, -0.2) is 4.98 Å². The molecule has 0 atom stereocenters. The second-order valence-electron chi connectivity index (χ2n) is 2.64. The van der Waals surface area contributed by atoms with Crippen LogP contribution in [0.2, 0.25) is 0 Å². The summed E-state index contributed by atoms with van der Waals surface area (Å²) < 4.78 is 1.16. The lowest BCUT2D eigenvalue weighted by molar-refractivity contribution is 1.01. The summed E-state index contributed by atoms with van der Waals surface area (Å²) in [6, 6.07) is 4.01. The molecule has 1 nitrogen and oxygen atoms in total. The Labute approximate surface area is 68.6 Å². The van der Waals surface area contributed by atoms with Gasteiger partial charge in [0.1, 0.15) is 0 Å². The minimum absolute atomic E-state index is 0.746. The predicted octanol–water partition coefficient (Wildman–Crippen LogP) is 2.72. The molecule has 10 heavy (non-hydrogen) atoms. The fourth-order valence-corrected chi connectivity index (χ4v) is 1.63. The molecule has 0 saturated heterocycles. The summed E-state index contributed by atoms with van der Waals surface area (Å²) in [7, 11) is 0. The third-order valence-corrected chi connectivity index (χ3v) is 2.42. The van der Waals surface area contributed by atoms with Crippen molar-refractivity contribution in [3.05, 3.63) is 28.5 Å². The van der Waals surface area contributed by atoms with Crippen molar-refractivity contribution in [3.8, 4) is 0 Å². The zero-order valence-electron chi connectivity index (χ0n) is 5.55. The zero-order chi connectivity index (χ0) is 6.97. The average molecular weight is 198 g/mol. The van der Waals surface area contributed by atoms with Gasteiger partial charge in [-0.1, -0.05) is 0 Å². The Kier molecular flexibility index (Phi) is 1.49. The van der Waals surface area contributed by atoms with E-state index in [9.17, 15) is 0 Å². The van der Waals surface area contributed by atoms with E-state index in [1.54, 1.807) is 0 Å². The van der Waals surface area contributed by atoms with Gasteiger partial charge in [-0.3, -0.25) is 4.98 Å². The number of aromatic nitrogens is 1. The van der Waals surface area contributed by atoms with E-state index < -0.39 is 0 Å². The Morgan fingerprint density at radius 1 is 1.50 bits per heavy atom. The molecule has 2 rings (SSSR count). The van der Waals surface area contributed by atoms with Gasteiger partial charge < -0.3 is 0 Å². The van der Waals surface area contributed by atoms with Crippen LogP contribution in [0.5, 0.6) is 0 Å². The molecule has 0 spiro atoms. The predicted molar refractivity (Wildman–Crippen MR) is 43.9 cm³/mol. The lowest BCUT2D eigenvalue weighted by Gasteiger charge is -1.97. The smallest absolute Gasteiger partial charge is 0.0576 e. The van der Waals surface area contributed by atoms with Crippen LogP contribution in [0.4, 0.5) is 0 Å². The lowest BCUT2D eigenvalue weighted by Crippen LogP contribution is -1.85. The minimum atomic E-state index is 0.746. The molecule has 0 aliphatic heterocycles. The lowest BCUT2D eigenvalue weighted by atomic mass is 10.2. The van der Waals surface area contributed by atoms with Gasteiger partial charge in [-0.2, -0.15) is 0 Å². The molecule has 1 aliphatic rings. The van der Waals surface area contributed by atoms with E-state index in [1.165, 1.54) is 18.5 Å². The largest absolute Gasteiger partial charge is 0.260 e. The van der Waals surface area contributed by atoms with Gasteiger partial charge in [0.2, 0.25) is 0 Å². The van der Waals surface area contributed by atoms with Crippen LogP contribution in [0.3, 0.4) is 0 Å². The molecule has 0 aromatic carbocycles. The van der Waals surface area contributed by atoms with Crippen molar-refractivity contribution in [3.63, 3.8) is 0 Å². The molecule has 1 aromatic rings. The second kappa shape index (κ2) is 2.35. The molecule has 1 aliphatic carbocycles. The maximum atomic E-state index is 4.29. The van der Waals surface area contributed by atoms with Crippen molar-refractivity contribution in [2.75, 3.05) is 0 Å². The number of rotatable bonds is 1. The van der Waals surface area contributed by atoms with E-state index in [0.717, 1.165) is 10.4 Å². The quantitative estimate of drug-likeness (QED) is 0.675. The molecule has 1 saturated carbocycles. The normalized spacial score (nSPS) is 17.3. The molecule has 0 bridgehead atoms. The Balaban J connectivity index is 2.39. The highest BCUT2D eigenvalue weighted by Crippen LogP contribution is 2.41. The number of halogens is 1. The first-order valence-corrected chi connectivity index (χ1v) is 4.27. The molecule has 0 N–H and O–H groups in total. The van der Waals surface area contributed by atoms with Crippen molar-refractivity contribution >= 4 is 15.9 Å². The summed E-state index contributed by atoms with van der Waals surface area (Å²) >= 11 is 3.47. The van der Waals surface area contributed by atoms with Gasteiger partial charge >= 0.3 is 0 Å². The van der Waals surface area contributed by atoms with Gasteiger partial charge in [0.15, 0.2) is 0 Å². The monoisotopic (exact) mass is 197 g/mol. The highest BCUT2D eigenvalue weighted by molar-refractivity contribution is 9.10. The van der Waals surface area contributed by atoms with Crippen LogP contribution < -0.4 is 0 Å². The standard InChI is InChI=1S/C8H8BrN/c9-7-2-1-5-10-8(7)6-3-4-6/h1-2,5-6H,3-4H2. The van der Waals surface area contributed by atoms with E-state index >= 15 is 0 Å². The maximum Gasteiger partial charge on any atom is 0.0576 e. The SMILES string of the molecule is Brc1cccnc1C1CC1. The van der Waals surface area contributed by atoms with Crippen LogP contribution in [0.1, 0.15) is 24.5 Å². The topological polar surface area (TPSA) is 12.9 Å². The van der Waals surface area contributed by atoms with Crippen molar-refractivity contribution in [1.29, 1.82) is 0 Å². The summed E-state index contributed by atoms with van der Waals surface area (Å²) in [5, 5.41) is 0. The summed E-state index contributed by atoms with van der Waals surface area (Å²) in [6.07, 6.45) is 4.49. The molecule has 0 amide bonds.